The first-order valence-electron chi connectivity index (χ1n) is 8.38. The number of rotatable bonds is 5. The van der Waals surface area contributed by atoms with Crippen molar-refractivity contribution >= 4 is 17.6 Å². The van der Waals surface area contributed by atoms with E-state index in [0.717, 1.165) is 31.2 Å². The highest BCUT2D eigenvalue weighted by molar-refractivity contribution is 6.30. The lowest BCUT2D eigenvalue weighted by atomic mass is 9.85. The molecule has 0 aromatic heterocycles. The third-order valence-corrected chi connectivity index (χ3v) is 4.85. The maximum atomic E-state index is 12.7. The summed E-state index contributed by atoms with van der Waals surface area (Å²) in [5.41, 5.74) is 0.884. The largest absolute Gasteiger partial charge is 0.446 e. The fraction of sp³-hybridized carbons (Fsp3) is 0.579. The Morgan fingerprint density at radius 3 is 2.35 bits per heavy atom. The summed E-state index contributed by atoms with van der Waals surface area (Å²) in [7, 11) is 0. The Morgan fingerprint density at radius 2 is 1.83 bits per heavy atom. The van der Waals surface area contributed by atoms with Crippen molar-refractivity contribution in [3.63, 3.8) is 0 Å². The van der Waals surface area contributed by atoms with Gasteiger partial charge in [-0.3, -0.25) is 4.79 Å². The summed E-state index contributed by atoms with van der Waals surface area (Å²) < 4.78 is 5.61. The number of carbonyl (C=O) groups excluding carboxylic acids is 1. The van der Waals surface area contributed by atoms with E-state index >= 15 is 0 Å². The SMILES string of the molecule is CC(C)C(C(=O)OC(C#N)C1CCCCC1)c1ccc(Cl)cc1. The van der Waals surface area contributed by atoms with Crippen LogP contribution in [0.5, 0.6) is 0 Å². The average Bonchev–Trinajstić information content (AvgIpc) is 2.55. The average molecular weight is 334 g/mol. The second-order valence-corrected chi connectivity index (χ2v) is 7.09. The van der Waals surface area contributed by atoms with Crippen molar-refractivity contribution in [3.05, 3.63) is 34.9 Å². The molecule has 23 heavy (non-hydrogen) atoms. The third-order valence-electron chi connectivity index (χ3n) is 4.60. The fourth-order valence-corrected chi connectivity index (χ4v) is 3.45. The molecule has 124 valence electrons. The van der Waals surface area contributed by atoms with Gasteiger partial charge in [0.2, 0.25) is 0 Å². The number of carbonyl (C=O) groups is 1. The predicted octanol–water partition coefficient (Wildman–Crippen LogP) is 5.10. The van der Waals surface area contributed by atoms with Gasteiger partial charge in [0.1, 0.15) is 6.07 Å². The van der Waals surface area contributed by atoms with Gasteiger partial charge in [-0.1, -0.05) is 56.8 Å². The van der Waals surface area contributed by atoms with E-state index in [2.05, 4.69) is 6.07 Å². The van der Waals surface area contributed by atoms with Crippen LogP contribution >= 0.6 is 11.6 Å². The molecule has 1 aliphatic rings. The van der Waals surface area contributed by atoms with Gasteiger partial charge < -0.3 is 4.74 Å². The zero-order valence-corrected chi connectivity index (χ0v) is 14.6. The molecule has 2 unspecified atom stereocenters. The molecule has 0 saturated heterocycles. The topological polar surface area (TPSA) is 50.1 Å². The van der Waals surface area contributed by atoms with Crippen LogP contribution in [0.25, 0.3) is 0 Å². The summed E-state index contributed by atoms with van der Waals surface area (Å²) >= 11 is 5.92. The molecule has 1 aromatic rings. The Labute approximate surface area is 143 Å². The van der Waals surface area contributed by atoms with Crippen LogP contribution in [0.4, 0.5) is 0 Å². The molecule has 0 radical (unpaired) electrons. The Bertz CT molecular complexity index is 556. The van der Waals surface area contributed by atoms with Crippen molar-refractivity contribution in [1.82, 2.24) is 0 Å². The maximum Gasteiger partial charge on any atom is 0.314 e. The van der Waals surface area contributed by atoms with Crippen LogP contribution in [0.1, 0.15) is 57.4 Å². The van der Waals surface area contributed by atoms with E-state index in [-0.39, 0.29) is 23.7 Å². The van der Waals surface area contributed by atoms with Crippen molar-refractivity contribution in [3.8, 4) is 6.07 Å². The van der Waals surface area contributed by atoms with Crippen molar-refractivity contribution in [2.24, 2.45) is 11.8 Å². The molecule has 0 aliphatic heterocycles. The fourth-order valence-electron chi connectivity index (χ4n) is 3.33. The van der Waals surface area contributed by atoms with Crippen LogP contribution in [0.2, 0.25) is 5.02 Å². The van der Waals surface area contributed by atoms with Crippen LogP contribution < -0.4 is 0 Å². The first-order chi connectivity index (χ1) is 11.0. The number of hydrogen-bond donors (Lipinski definition) is 0. The second kappa shape index (κ2) is 8.36. The summed E-state index contributed by atoms with van der Waals surface area (Å²) in [5.74, 6) is -0.406. The van der Waals surface area contributed by atoms with E-state index in [9.17, 15) is 10.1 Å². The van der Waals surface area contributed by atoms with Crippen molar-refractivity contribution in [1.29, 1.82) is 5.26 Å². The van der Waals surface area contributed by atoms with E-state index in [1.165, 1.54) is 6.42 Å². The second-order valence-electron chi connectivity index (χ2n) is 6.66. The van der Waals surface area contributed by atoms with Gasteiger partial charge >= 0.3 is 5.97 Å². The molecule has 3 nitrogen and oxygen atoms in total. The monoisotopic (exact) mass is 333 g/mol. The smallest absolute Gasteiger partial charge is 0.314 e. The summed E-state index contributed by atoms with van der Waals surface area (Å²) in [6, 6.07) is 9.47. The van der Waals surface area contributed by atoms with Crippen molar-refractivity contribution in [2.75, 3.05) is 0 Å². The Kier molecular flexibility index (Phi) is 6.47. The summed E-state index contributed by atoms with van der Waals surface area (Å²) in [4.78, 5) is 12.7. The molecule has 2 rings (SSSR count). The molecule has 1 aliphatic carbocycles. The minimum absolute atomic E-state index is 0.0920. The lowest BCUT2D eigenvalue weighted by Gasteiger charge is -2.28. The predicted molar refractivity (Wildman–Crippen MR) is 91.1 cm³/mol. The van der Waals surface area contributed by atoms with Crippen LogP contribution in [0, 0.1) is 23.2 Å². The number of benzene rings is 1. The Hall–Kier alpha value is -1.53. The Balaban J connectivity index is 2.11. The first kappa shape index (κ1) is 17.8. The molecule has 0 heterocycles. The molecule has 4 heteroatoms. The normalized spacial score (nSPS) is 18.2. The molecule has 1 fully saturated rings. The number of halogens is 1. The van der Waals surface area contributed by atoms with E-state index in [1.54, 1.807) is 12.1 Å². The number of hydrogen-bond acceptors (Lipinski definition) is 3. The van der Waals surface area contributed by atoms with Gasteiger partial charge in [0, 0.05) is 10.9 Å². The van der Waals surface area contributed by atoms with Gasteiger partial charge in [-0.2, -0.15) is 5.26 Å². The van der Waals surface area contributed by atoms with E-state index in [0.29, 0.717) is 5.02 Å². The lowest BCUT2D eigenvalue weighted by Crippen LogP contribution is -2.31. The van der Waals surface area contributed by atoms with Gasteiger partial charge in [0.15, 0.2) is 6.10 Å². The van der Waals surface area contributed by atoms with Crippen molar-refractivity contribution in [2.45, 2.75) is 58.0 Å². The molecule has 0 bridgehead atoms. The highest BCUT2D eigenvalue weighted by Crippen LogP contribution is 2.31. The molecule has 0 spiro atoms. The standard InChI is InChI=1S/C19H24ClNO2/c1-13(2)18(15-8-10-16(20)11-9-15)19(22)23-17(12-21)14-6-4-3-5-7-14/h8-11,13-14,17-18H,3-7H2,1-2H3. The van der Waals surface area contributed by atoms with Crippen LogP contribution in [-0.2, 0) is 9.53 Å². The van der Waals surface area contributed by atoms with Gasteiger partial charge in [0.25, 0.3) is 0 Å². The number of ether oxygens (including phenoxy) is 1. The number of nitrogens with zero attached hydrogens (tertiary/aromatic N) is 1. The molecule has 2 atom stereocenters. The summed E-state index contributed by atoms with van der Waals surface area (Å²) in [6.07, 6.45) is 4.76. The van der Waals surface area contributed by atoms with Gasteiger partial charge in [-0.25, -0.2) is 0 Å². The zero-order chi connectivity index (χ0) is 16.8. The van der Waals surface area contributed by atoms with Crippen LogP contribution in [-0.4, -0.2) is 12.1 Å². The van der Waals surface area contributed by atoms with Crippen molar-refractivity contribution < 1.29 is 9.53 Å². The van der Waals surface area contributed by atoms with Crippen LogP contribution in [0.3, 0.4) is 0 Å². The van der Waals surface area contributed by atoms with Crippen LogP contribution in [0.15, 0.2) is 24.3 Å². The molecular formula is C19H24ClNO2. The Morgan fingerprint density at radius 1 is 1.22 bits per heavy atom. The highest BCUT2D eigenvalue weighted by Gasteiger charge is 2.32. The molecule has 0 N–H and O–H groups in total. The minimum Gasteiger partial charge on any atom is -0.446 e. The minimum atomic E-state index is -0.628. The molecule has 1 aromatic carbocycles. The molecular weight excluding hydrogens is 310 g/mol. The van der Waals surface area contributed by atoms with Gasteiger partial charge in [-0.05, 0) is 36.5 Å². The van der Waals surface area contributed by atoms with E-state index < -0.39 is 6.10 Å². The maximum absolute atomic E-state index is 12.7. The van der Waals surface area contributed by atoms with E-state index in [1.807, 2.05) is 26.0 Å². The third kappa shape index (κ3) is 4.72. The summed E-state index contributed by atoms with van der Waals surface area (Å²) in [6.45, 7) is 3.98. The molecule has 1 saturated carbocycles. The first-order valence-corrected chi connectivity index (χ1v) is 8.76. The molecule has 0 amide bonds. The quantitative estimate of drug-likeness (QED) is 0.705. The van der Waals surface area contributed by atoms with Gasteiger partial charge in [-0.15, -0.1) is 0 Å². The summed E-state index contributed by atoms with van der Waals surface area (Å²) in [5, 5.41) is 10.1. The lowest BCUT2D eigenvalue weighted by molar-refractivity contribution is -0.152. The highest BCUT2D eigenvalue weighted by atomic mass is 35.5. The van der Waals surface area contributed by atoms with Gasteiger partial charge in [0.05, 0.1) is 5.92 Å². The number of nitriles is 1. The zero-order valence-electron chi connectivity index (χ0n) is 13.8. The van der Waals surface area contributed by atoms with E-state index in [4.69, 9.17) is 16.3 Å². The number of esters is 1.